The summed E-state index contributed by atoms with van der Waals surface area (Å²) in [6.45, 7) is 4.24. The van der Waals surface area contributed by atoms with Crippen LogP contribution < -0.4 is 16.0 Å². The van der Waals surface area contributed by atoms with Crippen LogP contribution in [-0.4, -0.2) is 24.4 Å². The highest BCUT2D eigenvalue weighted by Crippen LogP contribution is 2.21. The van der Waals surface area contributed by atoms with Crippen molar-refractivity contribution >= 4 is 23.2 Å². The lowest BCUT2D eigenvalue weighted by Crippen LogP contribution is -2.45. The molecule has 5 nitrogen and oxygen atoms in total. The molecule has 0 bridgehead atoms. The van der Waals surface area contributed by atoms with Crippen LogP contribution in [0.25, 0.3) is 0 Å². The van der Waals surface area contributed by atoms with Gasteiger partial charge in [-0.2, -0.15) is 0 Å². The van der Waals surface area contributed by atoms with Gasteiger partial charge in [-0.05, 0) is 43.5 Å². The van der Waals surface area contributed by atoms with Gasteiger partial charge in [-0.3, -0.25) is 9.59 Å². The van der Waals surface area contributed by atoms with E-state index < -0.39 is 5.82 Å². The molecular formula is C15H20FN3O2. The summed E-state index contributed by atoms with van der Waals surface area (Å²) in [5.74, 6) is -0.528. The summed E-state index contributed by atoms with van der Waals surface area (Å²) in [5, 5.41) is 8.32. The first kappa shape index (κ1) is 15.4. The smallest absolute Gasteiger partial charge is 0.241 e. The number of carbonyl (C=O) groups excluding carboxylic acids is 2. The number of benzene rings is 1. The molecule has 114 valence electrons. The Balaban J connectivity index is 2.05. The van der Waals surface area contributed by atoms with Crippen molar-refractivity contribution in [1.29, 1.82) is 0 Å². The second-order valence-corrected chi connectivity index (χ2v) is 5.50. The normalized spacial score (nSPS) is 21.7. The van der Waals surface area contributed by atoms with E-state index >= 15 is 0 Å². The zero-order valence-corrected chi connectivity index (χ0v) is 12.2. The van der Waals surface area contributed by atoms with Crippen molar-refractivity contribution in [2.24, 2.45) is 5.92 Å². The van der Waals surface area contributed by atoms with Crippen molar-refractivity contribution in [3.63, 3.8) is 0 Å². The van der Waals surface area contributed by atoms with Gasteiger partial charge in [-0.25, -0.2) is 4.39 Å². The SMILES string of the molecule is CC(=O)Nc1cc(NC(=O)C2CC(C)CCN2)ccc1F. The fourth-order valence-electron chi connectivity index (χ4n) is 2.43. The van der Waals surface area contributed by atoms with Crippen LogP contribution in [0.2, 0.25) is 0 Å². The summed E-state index contributed by atoms with van der Waals surface area (Å²) in [5.41, 5.74) is 0.524. The van der Waals surface area contributed by atoms with Gasteiger partial charge in [0.1, 0.15) is 5.82 Å². The Morgan fingerprint density at radius 2 is 2.10 bits per heavy atom. The number of hydrogen-bond donors (Lipinski definition) is 3. The summed E-state index contributed by atoms with van der Waals surface area (Å²) < 4.78 is 13.5. The molecule has 2 amide bonds. The van der Waals surface area contributed by atoms with Crippen molar-refractivity contribution < 1.29 is 14.0 Å². The fraction of sp³-hybridized carbons (Fsp3) is 0.467. The summed E-state index contributed by atoms with van der Waals surface area (Å²) in [6.07, 6.45) is 1.85. The minimum atomic E-state index is -0.535. The Labute approximate surface area is 123 Å². The first-order valence-corrected chi connectivity index (χ1v) is 7.07. The third-order valence-electron chi connectivity index (χ3n) is 3.53. The van der Waals surface area contributed by atoms with Crippen molar-refractivity contribution in [3.05, 3.63) is 24.0 Å². The zero-order chi connectivity index (χ0) is 15.4. The third-order valence-corrected chi connectivity index (χ3v) is 3.53. The molecule has 0 aliphatic carbocycles. The van der Waals surface area contributed by atoms with Gasteiger partial charge in [0.25, 0.3) is 0 Å². The van der Waals surface area contributed by atoms with Crippen molar-refractivity contribution in [1.82, 2.24) is 5.32 Å². The molecule has 1 aromatic rings. The van der Waals surface area contributed by atoms with Crippen molar-refractivity contribution in [3.8, 4) is 0 Å². The second kappa shape index (κ2) is 6.67. The number of hydrogen-bond acceptors (Lipinski definition) is 3. The average Bonchev–Trinajstić information content (AvgIpc) is 2.42. The van der Waals surface area contributed by atoms with Crippen LogP contribution >= 0.6 is 0 Å². The molecule has 2 unspecified atom stereocenters. The maximum atomic E-state index is 13.5. The van der Waals surface area contributed by atoms with Gasteiger partial charge in [0.2, 0.25) is 11.8 Å². The summed E-state index contributed by atoms with van der Waals surface area (Å²) in [4.78, 5) is 23.2. The second-order valence-electron chi connectivity index (χ2n) is 5.50. The number of halogens is 1. The van der Waals surface area contributed by atoms with Crippen LogP contribution in [0.5, 0.6) is 0 Å². The van der Waals surface area contributed by atoms with Gasteiger partial charge in [0.15, 0.2) is 0 Å². The molecule has 2 atom stereocenters. The number of carbonyl (C=O) groups is 2. The highest BCUT2D eigenvalue weighted by Gasteiger charge is 2.24. The molecule has 3 N–H and O–H groups in total. The van der Waals surface area contributed by atoms with Crippen molar-refractivity contribution in [2.45, 2.75) is 32.7 Å². The lowest BCUT2D eigenvalue weighted by Gasteiger charge is -2.27. The summed E-state index contributed by atoms with van der Waals surface area (Å²) in [7, 11) is 0. The van der Waals surface area contributed by atoms with Crippen LogP contribution in [0.15, 0.2) is 18.2 Å². The van der Waals surface area contributed by atoms with Gasteiger partial charge >= 0.3 is 0 Å². The number of amides is 2. The average molecular weight is 293 g/mol. The summed E-state index contributed by atoms with van der Waals surface area (Å²) >= 11 is 0. The van der Waals surface area contributed by atoms with Gasteiger partial charge in [0, 0.05) is 12.6 Å². The molecule has 6 heteroatoms. The van der Waals surface area contributed by atoms with E-state index in [1.807, 2.05) is 0 Å². The molecule has 0 radical (unpaired) electrons. The molecule has 0 spiro atoms. The van der Waals surface area contributed by atoms with E-state index in [1.165, 1.54) is 25.1 Å². The number of nitrogens with one attached hydrogen (secondary N) is 3. The Hall–Kier alpha value is -1.95. The maximum absolute atomic E-state index is 13.5. The van der Waals surface area contributed by atoms with E-state index in [0.717, 1.165) is 19.4 Å². The molecule has 2 rings (SSSR count). The molecule has 0 aromatic heterocycles. The van der Waals surface area contributed by atoms with E-state index in [-0.39, 0.29) is 23.5 Å². The number of rotatable bonds is 3. The van der Waals surface area contributed by atoms with Gasteiger partial charge < -0.3 is 16.0 Å². The standard InChI is InChI=1S/C15H20FN3O2/c1-9-5-6-17-14(7-9)15(21)19-11-3-4-12(16)13(8-11)18-10(2)20/h3-4,8-9,14,17H,5-7H2,1-2H3,(H,18,20)(H,19,21). The zero-order valence-electron chi connectivity index (χ0n) is 12.2. The monoisotopic (exact) mass is 293 g/mol. The number of piperidine rings is 1. The quantitative estimate of drug-likeness (QED) is 0.799. The van der Waals surface area contributed by atoms with Gasteiger partial charge in [0.05, 0.1) is 11.7 Å². The van der Waals surface area contributed by atoms with Gasteiger partial charge in [-0.15, -0.1) is 0 Å². The molecule has 0 saturated carbocycles. The lowest BCUT2D eigenvalue weighted by molar-refractivity contribution is -0.119. The molecule has 1 aliphatic rings. The van der Waals surface area contributed by atoms with E-state index in [4.69, 9.17) is 0 Å². The van der Waals surface area contributed by atoms with Crippen LogP contribution in [0, 0.1) is 11.7 Å². The topological polar surface area (TPSA) is 70.2 Å². The predicted octanol–water partition coefficient (Wildman–Crippen LogP) is 2.11. The van der Waals surface area contributed by atoms with E-state index in [0.29, 0.717) is 11.6 Å². The first-order chi connectivity index (χ1) is 9.95. The minimum Gasteiger partial charge on any atom is -0.325 e. The molecular weight excluding hydrogens is 273 g/mol. The Kier molecular flexibility index (Phi) is 4.90. The first-order valence-electron chi connectivity index (χ1n) is 7.07. The van der Waals surface area contributed by atoms with Gasteiger partial charge in [-0.1, -0.05) is 6.92 Å². The van der Waals surface area contributed by atoms with E-state index in [2.05, 4.69) is 22.9 Å². The largest absolute Gasteiger partial charge is 0.325 e. The Morgan fingerprint density at radius 1 is 1.33 bits per heavy atom. The molecule has 1 saturated heterocycles. The van der Waals surface area contributed by atoms with Crippen LogP contribution in [-0.2, 0) is 9.59 Å². The third kappa shape index (κ3) is 4.26. The fourth-order valence-corrected chi connectivity index (χ4v) is 2.43. The van der Waals surface area contributed by atoms with E-state index in [9.17, 15) is 14.0 Å². The predicted molar refractivity (Wildman–Crippen MR) is 79.5 cm³/mol. The maximum Gasteiger partial charge on any atom is 0.241 e. The van der Waals surface area contributed by atoms with Crippen LogP contribution in [0.1, 0.15) is 26.7 Å². The summed E-state index contributed by atoms with van der Waals surface area (Å²) in [6, 6.07) is 3.88. The Bertz CT molecular complexity index is 548. The van der Waals surface area contributed by atoms with E-state index in [1.54, 1.807) is 0 Å². The van der Waals surface area contributed by atoms with Crippen LogP contribution in [0.4, 0.5) is 15.8 Å². The van der Waals surface area contributed by atoms with Crippen molar-refractivity contribution in [2.75, 3.05) is 17.2 Å². The molecule has 1 aliphatic heterocycles. The highest BCUT2D eigenvalue weighted by atomic mass is 19.1. The molecule has 1 heterocycles. The minimum absolute atomic E-state index is 0.0604. The Morgan fingerprint density at radius 3 is 2.76 bits per heavy atom. The molecule has 21 heavy (non-hydrogen) atoms. The molecule has 1 aromatic carbocycles. The number of anilines is 2. The molecule has 1 fully saturated rings. The lowest BCUT2D eigenvalue weighted by atomic mass is 9.94. The highest BCUT2D eigenvalue weighted by molar-refractivity contribution is 5.96. The van der Waals surface area contributed by atoms with Crippen LogP contribution in [0.3, 0.4) is 0 Å².